The van der Waals surface area contributed by atoms with E-state index in [4.69, 9.17) is 14.6 Å². The van der Waals surface area contributed by atoms with Gasteiger partial charge in [-0.25, -0.2) is 8.78 Å². The van der Waals surface area contributed by atoms with Crippen LogP contribution in [-0.4, -0.2) is 38.2 Å². The van der Waals surface area contributed by atoms with E-state index in [0.717, 1.165) is 23.8 Å². The van der Waals surface area contributed by atoms with Crippen molar-refractivity contribution in [3.63, 3.8) is 0 Å². The summed E-state index contributed by atoms with van der Waals surface area (Å²) < 4.78 is 87.0. The molecular formula is C33H29F5N2O5. The van der Waals surface area contributed by atoms with Crippen molar-refractivity contribution in [1.29, 1.82) is 0 Å². The third-order valence-corrected chi connectivity index (χ3v) is 8.02. The predicted molar refractivity (Wildman–Crippen MR) is 153 cm³/mol. The highest BCUT2D eigenvalue weighted by Gasteiger charge is 2.39. The van der Waals surface area contributed by atoms with Gasteiger partial charge in [0.2, 0.25) is 0 Å². The summed E-state index contributed by atoms with van der Waals surface area (Å²) in [7, 11) is 0. The van der Waals surface area contributed by atoms with Crippen LogP contribution in [0.15, 0.2) is 54.9 Å². The molecular weight excluding hydrogens is 599 g/mol. The van der Waals surface area contributed by atoms with Gasteiger partial charge in [-0.1, -0.05) is 12.1 Å². The van der Waals surface area contributed by atoms with Crippen LogP contribution in [-0.2, 0) is 23.9 Å². The quantitative estimate of drug-likeness (QED) is 0.199. The third kappa shape index (κ3) is 6.11. The summed E-state index contributed by atoms with van der Waals surface area (Å²) in [6, 6.07) is 9.06. The largest absolute Gasteiger partial charge is 0.492 e. The zero-order chi connectivity index (χ0) is 32.3. The average molecular weight is 629 g/mol. The number of aliphatic carboxylic acids is 1. The number of benzene rings is 3. The number of aliphatic hydroxyl groups is 1. The minimum absolute atomic E-state index is 0.0619. The van der Waals surface area contributed by atoms with Crippen LogP contribution in [0.5, 0.6) is 11.5 Å². The first-order valence-electron chi connectivity index (χ1n) is 14.3. The van der Waals surface area contributed by atoms with Crippen molar-refractivity contribution in [2.75, 3.05) is 6.61 Å². The van der Waals surface area contributed by atoms with Crippen LogP contribution in [0.1, 0.15) is 61.0 Å². The second kappa shape index (κ2) is 11.2. The molecule has 236 valence electrons. The molecule has 2 heterocycles. The van der Waals surface area contributed by atoms with Crippen molar-refractivity contribution in [1.82, 2.24) is 9.78 Å². The number of ether oxygens (including phenoxy) is 2. The molecule has 2 N–H and O–H groups in total. The number of hydrogen-bond donors (Lipinski definition) is 2. The Morgan fingerprint density at radius 3 is 2.42 bits per heavy atom. The van der Waals surface area contributed by atoms with Gasteiger partial charge in [0.15, 0.2) is 0 Å². The van der Waals surface area contributed by atoms with Crippen molar-refractivity contribution in [3.05, 3.63) is 88.7 Å². The van der Waals surface area contributed by atoms with Gasteiger partial charge in [-0.15, -0.1) is 0 Å². The van der Waals surface area contributed by atoms with E-state index in [9.17, 15) is 23.1 Å². The van der Waals surface area contributed by atoms with Crippen LogP contribution < -0.4 is 9.47 Å². The molecule has 1 aliphatic carbocycles. The molecule has 0 radical (unpaired) electrons. The first kappa shape index (κ1) is 30.6. The lowest BCUT2D eigenvalue weighted by atomic mass is 9.90. The fourth-order valence-corrected chi connectivity index (χ4v) is 6.20. The molecule has 0 amide bonds. The maximum atomic E-state index is 15.5. The van der Waals surface area contributed by atoms with E-state index in [1.165, 1.54) is 23.1 Å². The molecule has 0 saturated heterocycles. The maximum absolute atomic E-state index is 15.5. The average Bonchev–Trinajstić information content (AvgIpc) is 3.65. The maximum Gasteiger partial charge on any atom is 0.417 e. The van der Waals surface area contributed by atoms with Gasteiger partial charge in [0.05, 0.1) is 42.5 Å². The Morgan fingerprint density at radius 2 is 1.76 bits per heavy atom. The Morgan fingerprint density at radius 1 is 1.04 bits per heavy atom. The number of alkyl halides is 3. The zero-order valence-electron chi connectivity index (χ0n) is 24.3. The van der Waals surface area contributed by atoms with Gasteiger partial charge in [0.1, 0.15) is 29.2 Å². The van der Waals surface area contributed by atoms with E-state index < -0.39 is 46.6 Å². The van der Waals surface area contributed by atoms with Gasteiger partial charge < -0.3 is 19.7 Å². The summed E-state index contributed by atoms with van der Waals surface area (Å²) in [5.74, 6) is -2.45. The van der Waals surface area contributed by atoms with Crippen LogP contribution in [0, 0.1) is 11.6 Å². The number of halogens is 5. The van der Waals surface area contributed by atoms with Crippen LogP contribution in [0.3, 0.4) is 0 Å². The van der Waals surface area contributed by atoms with Crippen molar-refractivity contribution in [2.45, 2.75) is 63.5 Å². The normalized spacial score (nSPS) is 17.6. The Hall–Kier alpha value is -4.45. The van der Waals surface area contributed by atoms with Crippen LogP contribution in [0.25, 0.3) is 22.3 Å². The summed E-state index contributed by atoms with van der Waals surface area (Å²) in [6.07, 6.45) is -2.42. The molecule has 1 aliphatic heterocycles. The van der Waals surface area contributed by atoms with E-state index in [2.05, 4.69) is 5.10 Å². The van der Waals surface area contributed by atoms with Crippen LogP contribution in [0.4, 0.5) is 22.0 Å². The lowest BCUT2D eigenvalue weighted by molar-refractivity contribution is -0.138. The molecule has 7 nitrogen and oxygen atoms in total. The van der Waals surface area contributed by atoms with E-state index >= 15 is 8.78 Å². The molecule has 6 rings (SSSR count). The summed E-state index contributed by atoms with van der Waals surface area (Å²) in [5.41, 5.74) is -1.55. The molecule has 45 heavy (non-hydrogen) atoms. The van der Waals surface area contributed by atoms with Crippen molar-refractivity contribution in [3.8, 4) is 33.8 Å². The summed E-state index contributed by atoms with van der Waals surface area (Å²) in [5, 5.41) is 23.2. The molecule has 3 aromatic carbocycles. The number of fused-ring (bicyclic) bond motifs is 2. The number of carboxylic acids is 1. The highest BCUT2D eigenvalue weighted by atomic mass is 19.4. The molecule has 12 heteroatoms. The van der Waals surface area contributed by atoms with Gasteiger partial charge >= 0.3 is 12.1 Å². The number of nitrogens with zero attached hydrogens (tertiary/aromatic N) is 2. The molecule has 2 atom stereocenters. The fourth-order valence-electron chi connectivity index (χ4n) is 6.20. The first-order valence-corrected chi connectivity index (χ1v) is 14.3. The Kier molecular flexibility index (Phi) is 7.59. The molecule has 4 aromatic rings. The lowest BCUT2D eigenvalue weighted by Crippen LogP contribution is -2.26. The number of carbonyl (C=O) groups is 1. The van der Waals surface area contributed by atoms with Crippen molar-refractivity contribution in [2.24, 2.45) is 0 Å². The van der Waals surface area contributed by atoms with Crippen LogP contribution >= 0.6 is 0 Å². The zero-order valence-corrected chi connectivity index (χ0v) is 24.3. The molecule has 0 spiro atoms. The minimum Gasteiger partial charge on any atom is -0.492 e. The topological polar surface area (TPSA) is 93.8 Å². The Labute approximate surface area is 254 Å². The van der Waals surface area contributed by atoms with Crippen molar-refractivity contribution < 1.29 is 46.4 Å². The van der Waals surface area contributed by atoms with E-state index in [1.807, 2.05) is 0 Å². The number of hydrogen-bond acceptors (Lipinski definition) is 5. The van der Waals surface area contributed by atoms with Crippen LogP contribution in [0.2, 0.25) is 0 Å². The molecule has 0 fully saturated rings. The summed E-state index contributed by atoms with van der Waals surface area (Å²) >= 11 is 0. The third-order valence-electron chi connectivity index (χ3n) is 8.02. The smallest absolute Gasteiger partial charge is 0.417 e. The number of rotatable bonds is 8. The van der Waals surface area contributed by atoms with Gasteiger partial charge in [-0.2, -0.15) is 18.3 Å². The van der Waals surface area contributed by atoms with E-state index in [-0.39, 0.29) is 48.6 Å². The Bertz CT molecular complexity index is 1770. The number of carboxylic acid groups (broad SMARTS) is 1. The fraction of sp³-hybridized carbons (Fsp3) is 0.333. The summed E-state index contributed by atoms with van der Waals surface area (Å²) in [6.45, 7) is 3.38. The van der Waals surface area contributed by atoms with Gasteiger partial charge in [0, 0.05) is 29.3 Å². The molecule has 2 unspecified atom stereocenters. The van der Waals surface area contributed by atoms with Gasteiger partial charge in [-0.3, -0.25) is 9.48 Å². The predicted octanol–water partition coefficient (Wildman–Crippen LogP) is 7.30. The second-order valence-electron chi connectivity index (χ2n) is 12.1. The lowest BCUT2D eigenvalue weighted by Gasteiger charge is -2.20. The monoisotopic (exact) mass is 628 g/mol. The highest BCUT2D eigenvalue weighted by Crippen LogP contribution is 2.48. The Balaban J connectivity index is 1.34. The molecule has 1 aromatic heterocycles. The minimum atomic E-state index is -4.79. The second-order valence-corrected chi connectivity index (χ2v) is 12.1. The number of aromatic nitrogens is 2. The molecule has 2 aliphatic rings. The molecule has 0 saturated carbocycles. The molecule has 0 bridgehead atoms. The first-order chi connectivity index (χ1) is 21.2. The highest BCUT2D eigenvalue weighted by molar-refractivity contribution is 5.77. The van der Waals surface area contributed by atoms with Gasteiger partial charge in [0.25, 0.3) is 0 Å². The van der Waals surface area contributed by atoms with Crippen molar-refractivity contribution >= 4 is 5.97 Å². The summed E-state index contributed by atoms with van der Waals surface area (Å²) in [4.78, 5) is 11.2. The SMILES string of the molecule is CC(C)(O)Cn1cc(-c2c(F)cc(-c3c(C(F)(F)F)ccc4c3CCC4Oc3ccc4c(c3)OCC4CC(=O)O)cc2F)cn1. The standard InChI is InChI=1S/C33H29F5N2O5/c1-32(2,43)16-40-14-19(13-39-40)31-25(34)9-17(10-26(31)35)30-23-6-8-27(22(23)5-7-24(30)33(36,37)38)45-20-3-4-21-18(11-29(41)42)15-44-28(21)12-20/h3-5,7,9-10,12-14,18,27,43H,6,8,11,15-16H2,1-2H3,(H,41,42). The van der Waals surface area contributed by atoms with E-state index in [0.29, 0.717) is 29.0 Å². The van der Waals surface area contributed by atoms with Gasteiger partial charge in [-0.05, 0) is 73.2 Å². The van der Waals surface area contributed by atoms with E-state index in [1.54, 1.807) is 32.0 Å².